The third-order valence-corrected chi connectivity index (χ3v) is 2.99. The molecule has 1 nitrogen and oxygen atoms in total. The van der Waals surface area contributed by atoms with E-state index in [2.05, 4.69) is 25.8 Å². The Kier molecular flexibility index (Phi) is 3.68. The van der Waals surface area contributed by atoms with Crippen LogP contribution in [0.4, 0.5) is 0 Å². The summed E-state index contributed by atoms with van der Waals surface area (Å²) in [7, 11) is 0. The highest BCUT2D eigenvalue weighted by atomic mass is 14.7. The Hall–Kier alpha value is -0.850. The number of pyridine rings is 1. The zero-order valence-electron chi connectivity index (χ0n) is 10.1. The predicted molar refractivity (Wildman–Crippen MR) is 61.8 cm³/mol. The average Bonchev–Trinajstić information content (AvgIpc) is 2.67. The van der Waals surface area contributed by atoms with Crippen LogP contribution in [0.1, 0.15) is 48.3 Å². The van der Waals surface area contributed by atoms with Gasteiger partial charge in [0, 0.05) is 11.4 Å². The number of nitrogens with zero attached hydrogens (tertiary/aromatic N) is 1. The van der Waals surface area contributed by atoms with Gasteiger partial charge in [-0.2, -0.15) is 0 Å². The lowest BCUT2D eigenvalue weighted by molar-refractivity contribution is 0.906. The van der Waals surface area contributed by atoms with E-state index in [0.717, 1.165) is 0 Å². The van der Waals surface area contributed by atoms with E-state index in [9.17, 15) is 0 Å². The first-order valence-electron chi connectivity index (χ1n) is 5.65. The zero-order valence-corrected chi connectivity index (χ0v) is 10.1. The zero-order chi connectivity index (χ0) is 10.7. The third-order valence-electron chi connectivity index (χ3n) is 2.99. The summed E-state index contributed by atoms with van der Waals surface area (Å²) < 4.78 is 0. The Morgan fingerprint density at radius 1 is 0.857 bits per heavy atom. The normalized spacial score (nSPS) is 13.2. The summed E-state index contributed by atoms with van der Waals surface area (Å²) in [6.07, 6.45) is 3.84. The van der Waals surface area contributed by atoms with Gasteiger partial charge in [0.05, 0.1) is 0 Å². The summed E-state index contributed by atoms with van der Waals surface area (Å²) in [5.74, 6) is 0. The summed E-state index contributed by atoms with van der Waals surface area (Å²) in [5, 5.41) is 0. The molecule has 0 bridgehead atoms. The number of aromatic nitrogens is 1. The van der Waals surface area contributed by atoms with E-state index in [4.69, 9.17) is 0 Å². The lowest BCUT2D eigenvalue weighted by atomic mass is 10.0. The molecule has 1 aliphatic rings. The maximum Gasteiger partial charge on any atom is 0.0410 e. The fourth-order valence-electron chi connectivity index (χ4n) is 2.18. The van der Waals surface area contributed by atoms with E-state index < -0.39 is 0 Å². The van der Waals surface area contributed by atoms with Crippen molar-refractivity contribution in [3.05, 3.63) is 28.1 Å². The van der Waals surface area contributed by atoms with E-state index >= 15 is 0 Å². The summed E-state index contributed by atoms with van der Waals surface area (Å²) in [6, 6.07) is 0. The second-order valence-electron chi connectivity index (χ2n) is 3.72. The number of fused-ring (bicyclic) bond motifs is 1. The number of hydrogen-bond donors (Lipinski definition) is 0. The first-order valence-corrected chi connectivity index (χ1v) is 5.65. The Labute approximate surface area is 87.6 Å². The van der Waals surface area contributed by atoms with Crippen LogP contribution in [-0.2, 0) is 12.8 Å². The molecular formula is C13H21N. The fourth-order valence-corrected chi connectivity index (χ4v) is 2.18. The molecule has 1 heteroatoms. The van der Waals surface area contributed by atoms with E-state index in [1.807, 2.05) is 13.8 Å². The van der Waals surface area contributed by atoms with Gasteiger partial charge in [0.25, 0.3) is 0 Å². The number of aryl methyl sites for hydroxylation is 2. The second-order valence-corrected chi connectivity index (χ2v) is 3.72. The van der Waals surface area contributed by atoms with Crippen LogP contribution >= 0.6 is 0 Å². The number of rotatable bonds is 0. The van der Waals surface area contributed by atoms with Gasteiger partial charge in [-0.1, -0.05) is 13.8 Å². The van der Waals surface area contributed by atoms with Gasteiger partial charge in [-0.15, -0.1) is 0 Å². The molecule has 0 fully saturated rings. The highest BCUT2D eigenvalue weighted by Gasteiger charge is 2.17. The van der Waals surface area contributed by atoms with Gasteiger partial charge in [-0.3, -0.25) is 4.98 Å². The van der Waals surface area contributed by atoms with Gasteiger partial charge in [-0.25, -0.2) is 0 Å². The lowest BCUT2D eigenvalue weighted by Crippen LogP contribution is -1.99. The van der Waals surface area contributed by atoms with Crippen molar-refractivity contribution >= 4 is 0 Å². The summed E-state index contributed by atoms with van der Waals surface area (Å²) in [4.78, 5) is 4.54. The number of hydrogen-bond acceptors (Lipinski definition) is 1. The highest BCUT2D eigenvalue weighted by molar-refractivity contribution is 5.41. The molecule has 0 aliphatic heterocycles. The molecule has 0 saturated heterocycles. The SMILES string of the molecule is CC.Cc1nc(C)c2c(c1C)CCC2. The maximum absolute atomic E-state index is 4.54. The molecule has 0 unspecified atom stereocenters. The van der Waals surface area contributed by atoms with E-state index in [0.29, 0.717) is 0 Å². The standard InChI is InChI=1S/C11H15N.C2H6/c1-7-8(2)12-9(3)11-6-4-5-10(7)11;1-2/h4-6H2,1-3H3;1-2H3. The summed E-state index contributed by atoms with van der Waals surface area (Å²) >= 11 is 0. The van der Waals surface area contributed by atoms with Crippen LogP contribution in [0.15, 0.2) is 0 Å². The first-order chi connectivity index (χ1) is 6.70. The van der Waals surface area contributed by atoms with Gasteiger partial charge in [0.15, 0.2) is 0 Å². The van der Waals surface area contributed by atoms with Crippen LogP contribution in [-0.4, -0.2) is 4.98 Å². The largest absolute Gasteiger partial charge is 0.258 e. The van der Waals surface area contributed by atoms with Gasteiger partial charge >= 0.3 is 0 Å². The minimum atomic E-state index is 1.22. The Morgan fingerprint density at radius 2 is 1.43 bits per heavy atom. The molecule has 1 aromatic heterocycles. The smallest absolute Gasteiger partial charge is 0.0410 e. The molecular weight excluding hydrogens is 170 g/mol. The quantitative estimate of drug-likeness (QED) is 0.611. The lowest BCUT2D eigenvalue weighted by Gasteiger charge is -2.09. The van der Waals surface area contributed by atoms with Crippen LogP contribution in [0.2, 0.25) is 0 Å². The minimum absolute atomic E-state index is 1.22. The maximum atomic E-state index is 4.54. The van der Waals surface area contributed by atoms with E-state index in [1.54, 1.807) is 5.56 Å². The van der Waals surface area contributed by atoms with Gasteiger partial charge < -0.3 is 0 Å². The molecule has 0 saturated carbocycles. The van der Waals surface area contributed by atoms with Crippen molar-refractivity contribution in [1.82, 2.24) is 4.98 Å². The Balaban J connectivity index is 0.000000461. The molecule has 0 aromatic carbocycles. The molecule has 1 aromatic rings. The van der Waals surface area contributed by atoms with Crippen molar-refractivity contribution in [2.45, 2.75) is 53.9 Å². The van der Waals surface area contributed by atoms with Crippen LogP contribution in [0.3, 0.4) is 0 Å². The Bertz CT molecular complexity index is 326. The van der Waals surface area contributed by atoms with E-state index in [1.165, 1.54) is 41.8 Å². The first kappa shape index (κ1) is 11.2. The van der Waals surface area contributed by atoms with Crippen molar-refractivity contribution in [3.63, 3.8) is 0 Å². The van der Waals surface area contributed by atoms with Gasteiger partial charge in [0.1, 0.15) is 0 Å². The molecule has 0 spiro atoms. The van der Waals surface area contributed by atoms with Gasteiger partial charge in [0.2, 0.25) is 0 Å². The average molecular weight is 191 g/mol. The molecule has 78 valence electrons. The predicted octanol–water partition coefficient (Wildman–Crippen LogP) is 3.52. The third kappa shape index (κ3) is 1.82. The van der Waals surface area contributed by atoms with Gasteiger partial charge in [-0.05, 0) is 56.7 Å². The molecule has 0 radical (unpaired) electrons. The summed E-state index contributed by atoms with van der Waals surface area (Å²) in [6.45, 7) is 10.4. The monoisotopic (exact) mass is 191 g/mol. The molecule has 2 rings (SSSR count). The van der Waals surface area contributed by atoms with Crippen molar-refractivity contribution in [1.29, 1.82) is 0 Å². The highest BCUT2D eigenvalue weighted by Crippen LogP contribution is 2.27. The molecule has 0 atom stereocenters. The molecule has 0 N–H and O–H groups in total. The van der Waals surface area contributed by atoms with Crippen LogP contribution < -0.4 is 0 Å². The molecule has 1 aliphatic carbocycles. The van der Waals surface area contributed by atoms with Crippen molar-refractivity contribution in [2.75, 3.05) is 0 Å². The Morgan fingerprint density at radius 3 is 2.07 bits per heavy atom. The fraction of sp³-hybridized carbons (Fsp3) is 0.615. The van der Waals surface area contributed by atoms with Crippen molar-refractivity contribution < 1.29 is 0 Å². The molecule has 14 heavy (non-hydrogen) atoms. The van der Waals surface area contributed by atoms with Crippen LogP contribution in [0.25, 0.3) is 0 Å². The van der Waals surface area contributed by atoms with Crippen LogP contribution in [0, 0.1) is 20.8 Å². The second kappa shape index (κ2) is 4.59. The van der Waals surface area contributed by atoms with E-state index in [-0.39, 0.29) is 0 Å². The molecule has 0 amide bonds. The van der Waals surface area contributed by atoms with Crippen LogP contribution in [0.5, 0.6) is 0 Å². The summed E-state index contributed by atoms with van der Waals surface area (Å²) in [5.41, 5.74) is 7.00. The topological polar surface area (TPSA) is 12.9 Å². The van der Waals surface area contributed by atoms with Crippen molar-refractivity contribution in [2.24, 2.45) is 0 Å². The minimum Gasteiger partial charge on any atom is -0.258 e. The van der Waals surface area contributed by atoms with Crippen molar-refractivity contribution in [3.8, 4) is 0 Å². The molecule has 1 heterocycles.